The summed E-state index contributed by atoms with van der Waals surface area (Å²) in [4.78, 5) is 20.9. The second-order valence-corrected chi connectivity index (χ2v) is 2.75. The molecule has 2 N–H and O–H groups in total. The molecule has 0 rings (SSSR count). The number of allylic oxidation sites excluding steroid dienone is 1. The molecule has 6 heteroatoms. The van der Waals surface area contributed by atoms with Gasteiger partial charge in [-0.2, -0.15) is 0 Å². The maximum Gasteiger partial charge on any atom is 0.330 e. The van der Waals surface area contributed by atoms with E-state index in [1.807, 2.05) is 0 Å². The predicted molar refractivity (Wildman–Crippen MR) is 49.1 cm³/mol. The van der Waals surface area contributed by atoms with E-state index in [0.717, 1.165) is 6.08 Å². The van der Waals surface area contributed by atoms with Gasteiger partial charge in [-0.1, -0.05) is 6.08 Å². The molecule has 0 aromatic rings. The van der Waals surface area contributed by atoms with Crippen LogP contribution in [0, 0.1) is 0 Å². The number of ether oxygens (including phenoxy) is 1. The summed E-state index contributed by atoms with van der Waals surface area (Å²) < 4.78 is 4.51. The maximum absolute atomic E-state index is 10.8. The van der Waals surface area contributed by atoms with Crippen molar-refractivity contribution in [3.8, 4) is 0 Å². The normalized spacial score (nSPS) is 12.7. The van der Waals surface area contributed by atoms with Crippen LogP contribution in [0.3, 0.4) is 0 Å². The average molecular weight is 223 g/mol. The van der Waals surface area contributed by atoms with Crippen molar-refractivity contribution in [2.24, 2.45) is 0 Å². The molecule has 0 spiro atoms. The fourth-order valence-electron chi connectivity index (χ4n) is 0.628. The van der Waals surface area contributed by atoms with Gasteiger partial charge >= 0.3 is 11.9 Å². The van der Waals surface area contributed by atoms with E-state index < -0.39 is 24.5 Å². The van der Waals surface area contributed by atoms with Gasteiger partial charge in [0, 0.05) is 12.0 Å². The first-order valence-electron chi connectivity index (χ1n) is 3.85. The number of carboxylic acid groups (broad SMARTS) is 1. The van der Waals surface area contributed by atoms with Gasteiger partial charge in [-0.15, -0.1) is 11.6 Å². The topological polar surface area (TPSA) is 83.8 Å². The van der Waals surface area contributed by atoms with Crippen molar-refractivity contribution in [3.63, 3.8) is 0 Å². The zero-order valence-electron chi connectivity index (χ0n) is 7.35. The minimum Gasteiger partial charge on any atom is -0.481 e. The summed E-state index contributed by atoms with van der Waals surface area (Å²) in [6.07, 6.45) is 0.862. The van der Waals surface area contributed by atoms with E-state index in [2.05, 4.69) is 4.74 Å². The third-order valence-corrected chi connectivity index (χ3v) is 1.35. The zero-order chi connectivity index (χ0) is 11.0. The third kappa shape index (κ3) is 7.57. The first-order valence-corrected chi connectivity index (χ1v) is 4.38. The molecule has 0 unspecified atom stereocenters. The van der Waals surface area contributed by atoms with Gasteiger partial charge in [0.05, 0.1) is 12.5 Å². The molecule has 80 valence electrons. The summed E-state index contributed by atoms with van der Waals surface area (Å²) in [5.41, 5.74) is 0. The molecule has 0 fully saturated rings. The fourth-order valence-corrected chi connectivity index (χ4v) is 0.717. The second-order valence-electron chi connectivity index (χ2n) is 2.44. The Morgan fingerprint density at radius 1 is 1.50 bits per heavy atom. The van der Waals surface area contributed by atoms with Crippen LogP contribution in [0.5, 0.6) is 0 Å². The number of aliphatic hydroxyl groups excluding tert-OH is 1. The monoisotopic (exact) mass is 222 g/mol. The van der Waals surface area contributed by atoms with E-state index in [1.54, 1.807) is 0 Å². The number of carboxylic acids is 1. The van der Waals surface area contributed by atoms with Crippen LogP contribution in [0.1, 0.15) is 6.42 Å². The molecule has 0 aliphatic carbocycles. The SMILES string of the molecule is O=C(O)C[C@H](O)COC(=O)/C=C/CCl. The number of alkyl halides is 1. The quantitative estimate of drug-likeness (QED) is 0.380. The van der Waals surface area contributed by atoms with Gasteiger partial charge in [0.1, 0.15) is 6.61 Å². The number of halogens is 1. The molecule has 5 nitrogen and oxygen atoms in total. The number of carbonyl (C=O) groups excluding carboxylic acids is 1. The van der Waals surface area contributed by atoms with Crippen molar-refractivity contribution in [1.29, 1.82) is 0 Å². The molecule has 1 atom stereocenters. The second kappa shape index (κ2) is 7.34. The smallest absolute Gasteiger partial charge is 0.330 e. The molecule has 0 saturated heterocycles. The lowest BCUT2D eigenvalue weighted by Crippen LogP contribution is -2.21. The van der Waals surface area contributed by atoms with Gasteiger partial charge in [-0.3, -0.25) is 4.79 Å². The van der Waals surface area contributed by atoms with E-state index in [1.165, 1.54) is 6.08 Å². The molecule has 0 saturated carbocycles. The van der Waals surface area contributed by atoms with Crippen LogP contribution in [-0.2, 0) is 14.3 Å². The lowest BCUT2D eigenvalue weighted by molar-refractivity contribution is -0.146. The summed E-state index contributed by atoms with van der Waals surface area (Å²) in [5.74, 6) is -1.62. The van der Waals surface area contributed by atoms with Crippen LogP contribution in [0.15, 0.2) is 12.2 Å². The van der Waals surface area contributed by atoms with E-state index in [4.69, 9.17) is 21.8 Å². The molecule has 0 aromatic carbocycles. The molecule has 0 aliphatic heterocycles. The highest BCUT2D eigenvalue weighted by Crippen LogP contribution is 1.94. The molecular formula is C8H11ClO5. The van der Waals surface area contributed by atoms with Gasteiger partial charge in [-0.25, -0.2) is 4.79 Å². The van der Waals surface area contributed by atoms with Crippen molar-refractivity contribution in [3.05, 3.63) is 12.2 Å². The summed E-state index contributed by atoms with van der Waals surface area (Å²) in [5, 5.41) is 17.2. The molecule has 0 aromatic heterocycles. The van der Waals surface area contributed by atoms with Crippen LogP contribution in [0.2, 0.25) is 0 Å². The highest BCUT2D eigenvalue weighted by atomic mass is 35.5. The number of hydrogen-bond acceptors (Lipinski definition) is 4. The highest BCUT2D eigenvalue weighted by molar-refractivity contribution is 6.19. The van der Waals surface area contributed by atoms with Crippen molar-refractivity contribution in [2.75, 3.05) is 12.5 Å². The molecule has 0 heterocycles. The minimum atomic E-state index is -1.18. The number of aliphatic carboxylic acids is 1. The van der Waals surface area contributed by atoms with E-state index in [0.29, 0.717) is 0 Å². The van der Waals surface area contributed by atoms with Gasteiger partial charge in [0.15, 0.2) is 0 Å². The standard InChI is InChI=1S/C8H11ClO5/c9-3-1-2-8(13)14-5-6(10)4-7(11)12/h1-2,6,10H,3-5H2,(H,11,12)/b2-1+/t6-/m0/s1. The number of hydrogen-bond donors (Lipinski definition) is 2. The zero-order valence-corrected chi connectivity index (χ0v) is 8.11. The average Bonchev–Trinajstić information content (AvgIpc) is 2.10. The van der Waals surface area contributed by atoms with Crippen LogP contribution >= 0.6 is 11.6 Å². The lowest BCUT2D eigenvalue weighted by atomic mass is 10.3. The Hall–Kier alpha value is -1.07. The Balaban J connectivity index is 3.66. The Kier molecular flexibility index (Phi) is 6.78. The summed E-state index contributed by atoms with van der Waals surface area (Å²) in [6.45, 7) is -0.336. The number of aliphatic hydroxyl groups is 1. The lowest BCUT2D eigenvalue weighted by Gasteiger charge is -2.06. The first kappa shape index (κ1) is 12.9. The Labute approximate surface area is 85.9 Å². The minimum absolute atomic E-state index is 0.187. The summed E-state index contributed by atoms with van der Waals surface area (Å²) >= 11 is 5.26. The van der Waals surface area contributed by atoms with E-state index >= 15 is 0 Å². The first-order chi connectivity index (χ1) is 6.56. The van der Waals surface area contributed by atoms with Gasteiger partial charge in [0.25, 0.3) is 0 Å². The number of carbonyl (C=O) groups is 2. The van der Waals surface area contributed by atoms with Gasteiger partial charge in [-0.05, 0) is 0 Å². The number of rotatable bonds is 6. The van der Waals surface area contributed by atoms with Crippen LogP contribution in [0.25, 0.3) is 0 Å². The van der Waals surface area contributed by atoms with Crippen LogP contribution in [-0.4, -0.2) is 40.7 Å². The molecule has 0 aliphatic rings. The molecule has 0 radical (unpaired) electrons. The molecular weight excluding hydrogens is 212 g/mol. The molecule has 0 amide bonds. The Bertz CT molecular complexity index is 226. The van der Waals surface area contributed by atoms with E-state index in [-0.39, 0.29) is 12.5 Å². The van der Waals surface area contributed by atoms with Crippen molar-refractivity contribution >= 4 is 23.5 Å². The van der Waals surface area contributed by atoms with Crippen molar-refractivity contribution in [2.45, 2.75) is 12.5 Å². The predicted octanol–water partition coefficient (Wildman–Crippen LogP) is 0.160. The number of esters is 1. The molecule has 0 bridgehead atoms. The van der Waals surface area contributed by atoms with Gasteiger partial charge in [0.2, 0.25) is 0 Å². The largest absolute Gasteiger partial charge is 0.481 e. The maximum atomic E-state index is 10.8. The van der Waals surface area contributed by atoms with Crippen molar-refractivity contribution in [1.82, 2.24) is 0 Å². The Morgan fingerprint density at radius 3 is 2.64 bits per heavy atom. The van der Waals surface area contributed by atoms with Crippen molar-refractivity contribution < 1.29 is 24.5 Å². The summed E-state index contributed by atoms with van der Waals surface area (Å²) in [7, 11) is 0. The van der Waals surface area contributed by atoms with Crippen LogP contribution < -0.4 is 0 Å². The van der Waals surface area contributed by atoms with E-state index in [9.17, 15) is 9.59 Å². The Morgan fingerprint density at radius 2 is 2.14 bits per heavy atom. The highest BCUT2D eigenvalue weighted by Gasteiger charge is 2.10. The van der Waals surface area contributed by atoms with Crippen LogP contribution in [0.4, 0.5) is 0 Å². The third-order valence-electron chi connectivity index (χ3n) is 1.17. The fraction of sp³-hybridized carbons (Fsp3) is 0.500. The summed E-state index contributed by atoms with van der Waals surface area (Å²) in [6, 6.07) is 0. The molecule has 14 heavy (non-hydrogen) atoms. The van der Waals surface area contributed by atoms with Gasteiger partial charge < -0.3 is 14.9 Å².